The second-order valence-corrected chi connectivity index (χ2v) is 6.82. The highest BCUT2D eigenvalue weighted by Crippen LogP contribution is 2.55. The molecule has 1 heterocycles. The van der Waals surface area contributed by atoms with Crippen LogP contribution in [0.5, 0.6) is 0 Å². The van der Waals surface area contributed by atoms with Gasteiger partial charge in [-0.1, -0.05) is 23.4 Å². The van der Waals surface area contributed by atoms with Gasteiger partial charge < -0.3 is 4.52 Å². The Hall–Kier alpha value is 0.640. The van der Waals surface area contributed by atoms with Crippen LogP contribution in [0.3, 0.4) is 0 Å². The summed E-state index contributed by atoms with van der Waals surface area (Å²) in [5.41, 5.74) is 0. The van der Waals surface area contributed by atoms with Crippen molar-refractivity contribution in [2.24, 2.45) is 0 Å². The van der Waals surface area contributed by atoms with Crippen molar-refractivity contribution in [1.29, 1.82) is 0 Å². The fraction of sp³-hybridized carbons (Fsp3) is 0.600. The Morgan fingerprint density at radius 2 is 2.56 bits per heavy atom. The molecular formula is C5H8ClOPS. The van der Waals surface area contributed by atoms with E-state index in [2.05, 4.69) is 0 Å². The summed E-state index contributed by atoms with van der Waals surface area (Å²) in [5, 5.41) is 0.875. The summed E-state index contributed by atoms with van der Waals surface area (Å²) in [6.07, 6.45) is 0.284. The lowest BCUT2D eigenvalue weighted by Gasteiger charge is -2.07. The fourth-order valence-corrected chi connectivity index (χ4v) is 3.80. The second-order valence-electron chi connectivity index (χ2n) is 1.96. The molecule has 0 amide bonds. The van der Waals surface area contributed by atoms with Gasteiger partial charge in [-0.3, -0.25) is 0 Å². The van der Waals surface area contributed by atoms with Gasteiger partial charge in [0.15, 0.2) is 0 Å². The smallest absolute Gasteiger partial charge is 0.0889 e. The van der Waals surface area contributed by atoms with Gasteiger partial charge in [0.05, 0.1) is 6.26 Å². The van der Waals surface area contributed by atoms with Crippen molar-refractivity contribution in [3.05, 3.63) is 10.8 Å². The molecule has 1 rings (SSSR count). The highest BCUT2D eigenvalue weighted by molar-refractivity contribution is 8.13. The third kappa shape index (κ3) is 1.78. The van der Waals surface area contributed by atoms with Crippen LogP contribution in [0.25, 0.3) is 0 Å². The number of halogens is 1. The quantitative estimate of drug-likeness (QED) is 0.577. The summed E-state index contributed by atoms with van der Waals surface area (Å²) in [7, 11) is 1.66. The van der Waals surface area contributed by atoms with Gasteiger partial charge in [0, 0.05) is 18.3 Å². The zero-order chi connectivity index (χ0) is 6.91. The van der Waals surface area contributed by atoms with Crippen LogP contribution in [0.1, 0.15) is 6.42 Å². The van der Waals surface area contributed by atoms with Crippen molar-refractivity contribution in [2.45, 2.75) is 6.42 Å². The highest BCUT2D eigenvalue weighted by atomic mass is 35.5. The first-order valence-corrected chi connectivity index (χ1v) is 6.03. The summed E-state index contributed by atoms with van der Waals surface area (Å²) in [4.78, 5) is 0. The average molecular weight is 183 g/mol. The lowest BCUT2D eigenvalue weighted by Crippen LogP contribution is -1.79. The van der Waals surface area contributed by atoms with E-state index in [0.717, 1.165) is 17.6 Å². The van der Waals surface area contributed by atoms with Crippen molar-refractivity contribution >= 4 is 29.7 Å². The number of hydrogen-bond acceptors (Lipinski definition) is 2. The van der Waals surface area contributed by atoms with Crippen LogP contribution in [0.4, 0.5) is 0 Å². The normalized spacial score (nSPS) is 34.7. The molecule has 4 heteroatoms. The van der Waals surface area contributed by atoms with E-state index in [1.165, 1.54) is 0 Å². The van der Waals surface area contributed by atoms with Gasteiger partial charge in [-0.25, -0.2) is 0 Å². The Bertz CT molecular complexity index is 189. The molecule has 0 spiro atoms. The fourth-order valence-electron chi connectivity index (χ4n) is 0.749. The van der Waals surface area contributed by atoms with Crippen LogP contribution in [0.2, 0.25) is 0 Å². The van der Waals surface area contributed by atoms with Crippen LogP contribution in [-0.4, -0.2) is 13.3 Å². The summed E-state index contributed by atoms with van der Waals surface area (Å²) in [6.45, 7) is 0. The predicted octanol–water partition coefficient (Wildman–Crippen LogP) is 2.51. The molecule has 0 saturated heterocycles. The van der Waals surface area contributed by atoms with E-state index in [4.69, 9.17) is 27.9 Å². The molecule has 0 bridgehead atoms. The third-order valence-corrected chi connectivity index (χ3v) is 5.24. The Labute approximate surface area is 65.1 Å². The molecule has 0 aliphatic carbocycles. The van der Waals surface area contributed by atoms with Gasteiger partial charge in [0.2, 0.25) is 0 Å². The van der Waals surface area contributed by atoms with Gasteiger partial charge >= 0.3 is 0 Å². The molecule has 1 nitrogen and oxygen atoms in total. The maximum Gasteiger partial charge on any atom is 0.0889 e. The van der Waals surface area contributed by atoms with Gasteiger partial charge in [0.25, 0.3) is 0 Å². The first kappa shape index (κ1) is 7.74. The molecule has 0 N–H and O–H groups in total. The van der Waals surface area contributed by atoms with E-state index in [0.29, 0.717) is 0 Å². The number of rotatable bonds is 1. The van der Waals surface area contributed by atoms with Crippen molar-refractivity contribution in [3.63, 3.8) is 0 Å². The minimum atomic E-state index is -1.57. The summed E-state index contributed by atoms with van der Waals surface area (Å²) in [6, 6.07) is 0. The molecule has 0 aromatic heterocycles. The van der Waals surface area contributed by atoms with Gasteiger partial charge in [-0.15, -0.1) is 0 Å². The van der Waals surface area contributed by atoms with Crippen LogP contribution < -0.4 is 0 Å². The molecule has 1 unspecified atom stereocenters. The Balaban J connectivity index is 2.77. The molecule has 0 aromatic rings. The van der Waals surface area contributed by atoms with Crippen molar-refractivity contribution in [2.75, 3.05) is 13.3 Å². The van der Waals surface area contributed by atoms with Crippen LogP contribution in [0, 0.1) is 0 Å². The van der Waals surface area contributed by atoms with Crippen LogP contribution in [-0.2, 0) is 16.3 Å². The molecular weight excluding hydrogens is 175 g/mol. The minimum absolute atomic E-state index is 0.875. The SMILES string of the molecule is COP1(=S)C=C(Cl)CC1. The molecule has 1 aliphatic rings. The van der Waals surface area contributed by atoms with E-state index >= 15 is 0 Å². The Morgan fingerprint density at radius 3 is 2.78 bits per heavy atom. The molecule has 0 aromatic carbocycles. The van der Waals surface area contributed by atoms with Crippen molar-refractivity contribution in [1.82, 2.24) is 0 Å². The lowest BCUT2D eigenvalue weighted by atomic mass is 10.5. The Morgan fingerprint density at radius 1 is 1.89 bits per heavy atom. The van der Waals surface area contributed by atoms with E-state index in [1.807, 2.05) is 5.82 Å². The zero-order valence-electron chi connectivity index (χ0n) is 5.13. The van der Waals surface area contributed by atoms with E-state index in [1.54, 1.807) is 7.11 Å². The average Bonchev–Trinajstić information content (AvgIpc) is 2.13. The summed E-state index contributed by atoms with van der Waals surface area (Å²) < 4.78 is 5.13. The van der Waals surface area contributed by atoms with Crippen LogP contribution in [0.15, 0.2) is 10.8 Å². The van der Waals surface area contributed by atoms with Gasteiger partial charge in [-0.05, 0) is 12.2 Å². The first-order valence-electron chi connectivity index (χ1n) is 2.68. The molecule has 0 radical (unpaired) electrons. The molecule has 9 heavy (non-hydrogen) atoms. The summed E-state index contributed by atoms with van der Waals surface area (Å²) >= 11 is 10.9. The predicted molar refractivity (Wildman–Crippen MR) is 44.7 cm³/mol. The highest BCUT2D eigenvalue weighted by Gasteiger charge is 2.20. The molecule has 0 saturated carbocycles. The molecule has 52 valence electrons. The second kappa shape index (κ2) is 2.71. The molecule has 0 fully saturated rings. The van der Waals surface area contributed by atoms with E-state index < -0.39 is 6.26 Å². The Kier molecular flexibility index (Phi) is 2.33. The maximum atomic E-state index is 5.72. The molecule has 1 atom stereocenters. The topological polar surface area (TPSA) is 9.23 Å². The van der Waals surface area contributed by atoms with Crippen molar-refractivity contribution in [3.8, 4) is 0 Å². The molecule has 1 aliphatic heterocycles. The van der Waals surface area contributed by atoms with E-state index in [-0.39, 0.29) is 0 Å². The van der Waals surface area contributed by atoms with Gasteiger partial charge in [0.1, 0.15) is 0 Å². The first-order chi connectivity index (χ1) is 4.16. The largest absolute Gasteiger partial charge is 0.350 e. The third-order valence-electron chi connectivity index (χ3n) is 1.31. The monoisotopic (exact) mass is 182 g/mol. The van der Waals surface area contributed by atoms with Gasteiger partial charge in [-0.2, -0.15) is 0 Å². The van der Waals surface area contributed by atoms with Crippen molar-refractivity contribution < 1.29 is 4.52 Å². The maximum absolute atomic E-state index is 5.72. The zero-order valence-corrected chi connectivity index (χ0v) is 7.60. The standard InChI is InChI=1S/C5H8ClOPS/c1-7-8(9)3-2-5(6)4-8/h4H,2-3H2,1H3. The number of hydrogen-bond donors (Lipinski definition) is 0. The number of allylic oxidation sites excluding steroid dienone is 1. The van der Waals surface area contributed by atoms with E-state index in [9.17, 15) is 0 Å². The lowest BCUT2D eigenvalue weighted by molar-refractivity contribution is 0.466. The van der Waals surface area contributed by atoms with Crippen LogP contribution >= 0.6 is 17.9 Å². The minimum Gasteiger partial charge on any atom is -0.350 e. The summed E-state index contributed by atoms with van der Waals surface area (Å²) in [5.74, 6) is 1.91.